The molecule has 0 N–H and O–H groups in total. The number of furan rings is 1. The second-order valence-corrected chi connectivity index (χ2v) is 9.10. The van der Waals surface area contributed by atoms with Gasteiger partial charge in [0.1, 0.15) is 11.5 Å². The number of thiazole rings is 1. The standard InChI is InChI=1S/C27H25N5O2S/c1-18-12-14-21(15-13-18)23-17-35-27(31(23)29-19(2)24-11-8-16-34-24)28-25-20(3)30(4)32(26(25)33)22-9-6-5-7-10-22/h5-17H,1-4H3. The molecule has 0 atom stereocenters. The number of aryl methyl sites for hydroxylation is 1. The summed E-state index contributed by atoms with van der Waals surface area (Å²) in [6, 6.07) is 21.5. The maximum atomic E-state index is 13.4. The normalized spacial score (nSPS) is 12.5. The summed E-state index contributed by atoms with van der Waals surface area (Å²) < 4.78 is 10.8. The number of hydrogen-bond donors (Lipinski definition) is 0. The van der Waals surface area contributed by atoms with Crippen molar-refractivity contribution in [2.24, 2.45) is 17.1 Å². The zero-order valence-corrected chi connectivity index (χ0v) is 20.8. The summed E-state index contributed by atoms with van der Waals surface area (Å²) in [5, 5.41) is 6.85. The molecule has 35 heavy (non-hydrogen) atoms. The SMILES string of the molecule is CC(=Nn1c(-c2ccc(C)cc2)csc1=Nc1c(C)n(C)n(-c2ccccc2)c1=O)c1ccco1. The highest BCUT2D eigenvalue weighted by molar-refractivity contribution is 7.07. The molecule has 3 heterocycles. The molecule has 176 valence electrons. The van der Waals surface area contributed by atoms with Gasteiger partial charge in [0.2, 0.25) is 4.80 Å². The van der Waals surface area contributed by atoms with Crippen molar-refractivity contribution in [1.29, 1.82) is 0 Å². The van der Waals surface area contributed by atoms with E-state index >= 15 is 0 Å². The van der Waals surface area contributed by atoms with Crippen LogP contribution in [0.3, 0.4) is 0 Å². The molecule has 0 radical (unpaired) electrons. The molecule has 7 nitrogen and oxygen atoms in total. The average Bonchev–Trinajstić information content (AvgIpc) is 3.58. The third-order valence-electron chi connectivity index (χ3n) is 5.89. The maximum Gasteiger partial charge on any atom is 0.297 e. The molecule has 0 saturated carbocycles. The first-order valence-electron chi connectivity index (χ1n) is 11.2. The Morgan fingerprint density at radius 1 is 0.971 bits per heavy atom. The second kappa shape index (κ2) is 9.23. The maximum absolute atomic E-state index is 13.4. The van der Waals surface area contributed by atoms with Crippen LogP contribution >= 0.6 is 11.3 Å². The third-order valence-corrected chi connectivity index (χ3v) is 6.71. The largest absolute Gasteiger partial charge is 0.463 e. The van der Waals surface area contributed by atoms with Crippen molar-refractivity contribution in [2.45, 2.75) is 20.8 Å². The van der Waals surface area contributed by atoms with Crippen LogP contribution in [0.15, 0.2) is 97.7 Å². The van der Waals surface area contributed by atoms with Crippen molar-refractivity contribution in [2.75, 3.05) is 0 Å². The minimum Gasteiger partial charge on any atom is -0.463 e. The van der Waals surface area contributed by atoms with Gasteiger partial charge < -0.3 is 4.42 Å². The van der Waals surface area contributed by atoms with Crippen molar-refractivity contribution >= 4 is 22.7 Å². The molecule has 0 aliphatic carbocycles. The van der Waals surface area contributed by atoms with Gasteiger partial charge in [-0.05, 0) is 45.0 Å². The molecule has 0 fully saturated rings. The van der Waals surface area contributed by atoms with Crippen LogP contribution in [0.5, 0.6) is 0 Å². The van der Waals surface area contributed by atoms with Gasteiger partial charge in [-0.1, -0.05) is 48.0 Å². The topological polar surface area (TPSA) is 69.7 Å². The number of para-hydroxylation sites is 1. The molecule has 2 aromatic carbocycles. The predicted octanol–water partition coefficient (Wildman–Crippen LogP) is 5.42. The van der Waals surface area contributed by atoms with E-state index in [9.17, 15) is 4.79 Å². The molecule has 0 spiro atoms. The lowest BCUT2D eigenvalue weighted by Crippen LogP contribution is -2.20. The smallest absolute Gasteiger partial charge is 0.297 e. The molecule has 5 rings (SSSR count). The lowest BCUT2D eigenvalue weighted by molar-refractivity contribution is 0.556. The highest BCUT2D eigenvalue weighted by Gasteiger charge is 2.17. The predicted molar refractivity (Wildman–Crippen MR) is 140 cm³/mol. The number of hydrogen-bond acceptors (Lipinski definition) is 5. The van der Waals surface area contributed by atoms with Gasteiger partial charge in [-0.2, -0.15) is 5.10 Å². The minimum absolute atomic E-state index is 0.181. The van der Waals surface area contributed by atoms with Gasteiger partial charge in [-0.3, -0.25) is 9.48 Å². The lowest BCUT2D eigenvalue weighted by Gasteiger charge is -2.07. The van der Waals surface area contributed by atoms with Gasteiger partial charge in [0.15, 0.2) is 5.69 Å². The first-order valence-corrected chi connectivity index (χ1v) is 12.1. The van der Waals surface area contributed by atoms with E-state index in [2.05, 4.69) is 31.2 Å². The zero-order chi connectivity index (χ0) is 24.5. The summed E-state index contributed by atoms with van der Waals surface area (Å²) >= 11 is 1.44. The van der Waals surface area contributed by atoms with E-state index in [1.807, 2.05) is 73.4 Å². The van der Waals surface area contributed by atoms with Crippen LogP contribution in [0.2, 0.25) is 0 Å². The van der Waals surface area contributed by atoms with Crippen molar-refractivity contribution in [3.8, 4) is 16.9 Å². The van der Waals surface area contributed by atoms with Crippen LogP contribution < -0.4 is 10.4 Å². The molecule has 3 aromatic heterocycles. The quantitative estimate of drug-likeness (QED) is 0.313. The summed E-state index contributed by atoms with van der Waals surface area (Å²) in [7, 11) is 1.86. The molecule has 0 aliphatic rings. The highest BCUT2D eigenvalue weighted by Crippen LogP contribution is 2.22. The molecule has 0 unspecified atom stereocenters. The Bertz CT molecular complexity index is 1630. The van der Waals surface area contributed by atoms with Gasteiger partial charge in [0, 0.05) is 18.0 Å². The Hall–Kier alpha value is -4.17. The number of nitrogens with zero attached hydrogens (tertiary/aromatic N) is 5. The first kappa shape index (κ1) is 22.6. The minimum atomic E-state index is -0.181. The molecular weight excluding hydrogens is 458 g/mol. The average molecular weight is 484 g/mol. The van der Waals surface area contributed by atoms with Crippen LogP contribution in [-0.2, 0) is 7.05 Å². The van der Waals surface area contributed by atoms with Crippen LogP contribution in [0.25, 0.3) is 16.9 Å². The van der Waals surface area contributed by atoms with E-state index in [1.165, 1.54) is 16.9 Å². The van der Waals surface area contributed by atoms with Gasteiger partial charge in [-0.15, -0.1) is 11.3 Å². The van der Waals surface area contributed by atoms with E-state index in [-0.39, 0.29) is 5.56 Å². The summed E-state index contributed by atoms with van der Waals surface area (Å²) in [6.07, 6.45) is 1.62. The van der Waals surface area contributed by atoms with Gasteiger partial charge >= 0.3 is 0 Å². The Morgan fingerprint density at radius 3 is 2.40 bits per heavy atom. The molecule has 0 bridgehead atoms. The van der Waals surface area contributed by atoms with E-state index in [1.54, 1.807) is 15.6 Å². The second-order valence-electron chi connectivity index (χ2n) is 8.27. The fraction of sp³-hybridized carbons (Fsp3) is 0.148. The first-order chi connectivity index (χ1) is 16.9. The molecular formula is C27H25N5O2S. The van der Waals surface area contributed by atoms with Crippen molar-refractivity contribution in [1.82, 2.24) is 14.0 Å². The fourth-order valence-corrected chi connectivity index (χ4v) is 4.69. The van der Waals surface area contributed by atoms with Gasteiger partial charge in [0.05, 0.1) is 23.3 Å². The molecule has 5 aromatic rings. The fourth-order valence-electron chi connectivity index (χ4n) is 3.86. The van der Waals surface area contributed by atoms with Crippen LogP contribution in [0.4, 0.5) is 5.69 Å². The van der Waals surface area contributed by atoms with E-state index in [0.717, 1.165) is 22.6 Å². The highest BCUT2D eigenvalue weighted by atomic mass is 32.1. The van der Waals surface area contributed by atoms with Crippen molar-refractivity contribution in [3.05, 3.63) is 111 Å². The summed E-state index contributed by atoms with van der Waals surface area (Å²) in [4.78, 5) is 18.9. The summed E-state index contributed by atoms with van der Waals surface area (Å²) in [6.45, 7) is 5.85. The summed E-state index contributed by atoms with van der Waals surface area (Å²) in [5.41, 5.74) is 5.53. The van der Waals surface area contributed by atoms with Crippen LogP contribution in [0.1, 0.15) is 23.9 Å². The van der Waals surface area contributed by atoms with E-state index < -0.39 is 0 Å². The molecule has 0 aliphatic heterocycles. The monoisotopic (exact) mass is 483 g/mol. The molecule has 0 saturated heterocycles. The van der Waals surface area contributed by atoms with Gasteiger partial charge in [0.25, 0.3) is 5.56 Å². The zero-order valence-electron chi connectivity index (χ0n) is 20.0. The Balaban J connectivity index is 1.73. The van der Waals surface area contributed by atoms with E-state index in [4.69, 9.17) is 14.5 Å². The van der Waals surface area contributed by atoms with Crippen molar-refractivity contribution < 1.29 is 4.42 Å². The van der Waals surface area contributed by atoms with Crippen molar-refractivity contribution in [3.63, 3.8) is 0 Å². The summed E-state index contributed by atoms with van der Waals surface area (Å²) in [5.74, 6) is 0.673. The molecule has 0 amide bonds. The number of aromatic nitrogens is 3. The van der Waals surface area contributed by atoms with Crippen LogP contribution in [-0.4, -0.2) is 19.8 Å². The van der Waals surface area contributed by atoms with Crippen LogP contribution in [0, 0.1) is 13.8 Å². The Labute approximate surface area is 206 Å². The van der Waals surface area contributed by atoms with E-state index in [0.29, 0.717) is 22.0 Å². The Morgan fingerprint density at radius 2 is 1.71 bits per heavy atom. The number of benzene rings is 2. The lowest BCUT2D eigenvalue weighted by atomic mass is 10.1. The van der Waals surface area contributed by atoms with Gasteiger partial charge in [-0.25, -0.2) is 14.4 Å². The molecule has 8 heteroatoms. The Kier molecular flexibility index (Phi) is 5.96. The number of rotatable bonds is 5. The third kappa shape index (κ3) is 4.24.